The quantitative estimate of drug-likeness (QED) is 0.621. The first-order valence-electron chi connectivity index (χ1n) is 7.58. The van der Waals surface area contributed by atoms with Crippen LogP contribution in [0.3, 0.4) is 0 Å². The molecule has 1 saturated heterocycles. The molecule has 1 fully saturated rings. The van der Waals surface area contributed by atoms with Crippen LogP contribution in [0.4, 0.5) is 0 Å². The highest BCUT2D eigenvalue weighted by Gasteiger charge is 2.28. The number of unbranched alkanes of at least 4 members (excludes halogenated alkanes) is 3. The summed E-state index contributed by atoms with van der Waals surface area (Å²) in [5.74, 6) is 0. The maximum atomic E-state index is 3.87. The van der Waals surface area contributed by atoms with Gasteiger partial charge in [-0.3, -0.25) is 0 Å². The van der Waals surface area contributed by atoms with Gasteiger partial charge < -0.3 is 5.32 Å². The van der Waals surface area contributed by atoms with Gasteiger partial charge >= 0.3 is 0 Å². The second kappa shape index (κ2) is 8.11. The van der Waals surface area contributed by atoms with Crippen LogP contribution < -0.4 is 5.32 Å². The minimum Gasteiger partial charge on any atom is -0.311 e. The monoisotopic (exact) mass is 225 g/mol. The first kappa shape index (κ1) is 14.0. The molecule has 1 rings (SSSR count). The summed E-state index contributed by atoms with van der Waals surface area (Å²) in [5, 5.41) is 3.87. The largest absolute Gasteiger partial charge is 0.311 e. The lowest BCUT2D eigenvalue weighted by Crippen LogP contribution is -2.44. The Labute approximate surface area is 102 Å². The van der Waals surface area contributed by atoms with Gasteiger partial charge in [0.2, 0.25) is 0 Å². The minimum atomic E-state index is 0.513. The number of nitrogens with one attached hydrogen (secondary N) is 1. The van der Waals surface area contributed by atoms with Crippen LogP contribution in [0.5, 0.6) is 0 Å². The molecule has 1 heteroatoms. The predicted molar refractivity (Wildman–Crippen MR) is 72.9 cm³/mol. The number of hydrogen-bond donors (Lipinski definition) is 1. The van der Waals surface area contributed by atoms with Crippen molar-refractivity contribution in [1.29, 1.82) is 0 Å². The van der Waals surface area contributed by atoms with Gasteiger partial charge in [0.25, 0.3) is 0 Å². The summed E-state index contributed by atoms with van der Waals surface area (Å²) in [6.45, 7) is 5.89. The molecule has 1 nitrogen and oxygen atoms in total. The average Bonchev–Trinajstić information content (AvgIpc) is 2.51. The van der Waals surface area contributed by atoms with E-state index in [0.29, 0.717) is 5.54 Å². The number of hydrogen-bond acceptors (Lipinski definition) is 1. The Kier molecular flexibility index (Phi) is 7.11. The first-order valence-corrected chi connectivity index (χ1v) is 7.58. The van der Waals surface area contributed by atoms with Crippen molar-refractivity contribution in [3.05, 3.63) is 0 Å². The third kappa shape index (κ3) is 4.86. The van der Waals surface area contributed by atoms with Crippen molar-refractivity contribution >= 4 is 0 Å². The molecule has 0 aromatic carbocycles. The van der Waals surface area contributed by atoms with E-state index in [-0.39, 0.29) is 0 Å². The molecule has 1 unspecified atom stereocenters. The van der Waals surface area contributed by atoms with Gasteiger partial charge in [-0.1, -0.05) is 58.8 Å². The van der Waals surface area contributed by atoms with Crippen LogP contribution in [0.1, 0.15) is 84.5 Å². The molecule has 0 radical (unpaired) electrons. The summed E-state index contributed by atoms with van der Waals surface area (Å²) in [6, 6.07) is 0. The van der Waals surface area contributed by atoms with Crippen molar-refractivity contribution in [3.8, 4) is 0 Å². The normalized spacial score (nSPS) is 26.6. The summed E-state index contributed by atoms with van der Waals surface area (Å²) < 4.78 is 0. The van der Waals surface area contributed by atoms with Gasteiger partial charge in [-0.05, 0) is 32.2 Å². The molecule has 0 bridgehead atoms. The Morgan fingerprint density at radius 2 is 1.75 bits per heavy atom. The fraction of sp³-hybridized carbons (Fsp3) is 1.00. The fourth-order valence-corrected chi connectivity index (χ4v) is 3.13. The molecule has 0 amide bonds. The van der Waals surface area contributed by atoms with Crippen molar-refractivity contribution in [1.82, 2.24) is 5.32 Å². The molecule has 16 heavy (non-hydrogen) atoms. The van der Waals surface area contributed by atoms with E-state index < -0.39 is 0 Å². The average molecular weight is 225 g/mol. The maximum Gasteiger partial charge on any atom is 0.0181 e. The van der Waals surface area contributed by atoms with Gasteiger partial charge in [-0.2, -0.15) is 0 Å². The molecule has 1 heterocycles. The molecular weight excluding hydrogens is 194 g/mol. The molecular formula is C15H31N. The second-order valence-corrected chi connectivity index (χ2v) is 5.58. The van der Waals surface area contributed by atoms with E-state index in [1.54, 1.807) is 0 Å². The molecule has 1 aliphatic heterocycles. The standard InChI is InChI=1S/C15H31N/c1-3-5-6-8-12-15(11-4-2)13-9-7-10-14-16-15/h16H,3-14H2,1-2H3. The van der Waals surface area contributed by atoms with Gasteiger partial charge in [0.15, 0.2) is 0 Å². The van der Waals surface area contributed by atoms with Gasteiger partial charge in [-0.15, -0.1) is 0 Å². The topological polar surface area (TPSA) is 12.0 Å². The first-order chi connectivity index (χ1) is 7.83. The molecule has 96 valence electrons. The SMILES string of the molecule is CCCCCCC1(CCC)CCCCCN1. The third-order valence-electron chi connectivity index (χ3n) is 4.07. The van der Waals surface area contributed by atoms with E-state index in [1.165, 1.54) is 77.2 Å². The Bertz CT molecular complexity index is 157. The molecule has 0 aromatic rings. The maximum absolute atomic E-state index is 3.87. The van der Waals surface area contributed by atoms with E-state index in [9.17, 15) is 0 Å². The van der Waals surface area contributed by atoms with Gasteiger partial charge in [-0.25, -0.2) is 0 Å². The third-order valence-corrected chi connectivity index (χ3v) is 4.07. The highest BCUT2D eigenvalue weighted by atomic mass is 15.0. The van der Waals surface area contributed by atoms with Gasteiger partial charge in [0.05, 0.1) is 0 Å². The van der Waals surface area contributed by atoms with Crippen molar-refractivity contribution in [2.75, 3.05) is 6.54 Å². The fourth-order valence-electron chi connectivity index (χ4n) is 3.13. The summed E-state index contributed by atoms with van der Waals surface area (Å²) in [5.41, 5.74) is 0.513. The zero-order valence-electron chi connectivity index (χ0n) is 11.5. The Hall–Kier alpha value is -0.0400. The van der Waals surface area contributed by atoms with Crippen molar-refractivity contribution in [3.63, 3.8) is 0 Å². The van der Waals surface area contributed by atoms with Crippen LogP contribution in [0.25, 0.3) is 0 Å². The predicted octanol–water partition coefficient (Wildman–Crippen LogP) is 4.66. The Morgan fingerprint density at radius 1 is 0.875 bits per heavy atom. The smallest absolute Gasteiger partial charge is 0.0181 e. The summed E-state index contributed by atoms with van der Waals surface area (Å²) in [6.07, 6.45) is 15.5. The molecule has 0 spiro atoms. The molecule has 1 aliphatic rings. The molecule has 0 saturated carbocycles. The van der Waals surface area contributed by atoms with Crippen LogP contribution in [0.15, 0.2) is 0 Å². The van der Waals surface area contributed by atoms with Crippen LogP contribution in [0.2, 0.25) is 0 Å². The van der Waals surface area contributed by atoms with Crippen molar-refractivity contribution in [2.24, 2.45) is 0 Å². The zero-order chi connectivity index (χ0) is 11.7. The Balaban J connectivity index is 2.36. The molecule has 0 aromatic heterocycles. The zero-order valence-corrected chi connectivity index (χ0v) is 11.5. The summed E-state index contributed by atoms with van der Waals surface area (Å²) >= 11 is 0. The van der Waals surface area contributed by atoms with E-state index in [2.05, 4.69) is 19.2 Å². The molecule has 1 N–H and O–H groups in total. The summed E-state index contributed by atoms with van der Waals surface area (Å²) in [7, 11) is 0. The van der Waals surface area contributed by atoms with Crippen LogP contribution >= 0.6 is 0 Å². The minimum absolute atomic E-state index is 0.513. The van der Waals surface area contributed by atoms with Gasteiger partial charge in [0.1, 0.15) is 0 Å². The lowest BCUT2D eigenvalue weighted by atomic mass is 9.83. The highest BCUT2D eigenvalue weighted by Crippen LogP contribution is 2.29. The molecule has 0 aliphatic carbocycles. The lowest BCUT2D eigenvalue weighted by Gasteiger charge is -2.34. The van der Waals surface area contributed by atoms with Crippen LogP contribution in [-0.2, 0) is 0 Å². The van der Waals surface area contributed by atoms with Crippen LogP contribution in [0, 0.1) is 0 Å². The van der Waals surface area contributed by atoms with Crippen LogP contribution in [-0.4, -0.2) is 12.1 Å². The second-order valence-electron chi connectivity index (χ2n) is 5.58. The van der Waals surface area contributed by atoms with E-state index in [0.717, 1.165) is 0 Å². The lowest BCUT2D eigenvalue weighted by molar-refractivity contribution is 0.261. The van der Waals surface area contributed by atoms with E-state index in [4.69, 9.17) is 0 Å². The van der Waals surface area contributed by atoms with E-state index >= 15 is 0 Å². The Morgan fingerprint density at radius 3 is 2.50 bits per heavy atom. The molecule has 1 atom stereocenters. The summed E-state index contributed by atoms with van der Waals surface area (Å²) in [4.78, 5) is 0. The highest BCUT2D eigenvalue weighted by molar-refractivity contribution is 4.89. The number of rotatable bonds is 7. The van der Waals surface area contributed by atoms with Crippen molar-refractivity contribution in [2.45, 2.75) is 90.0 Å². The van der Waals surface area contributed by atoms with Gasteiger partial charge in [0, 0.05) is 5.54 Å². The van der Waals surface area contributed by atoms with E-state index in [1.807, 2.05) is 0 Å². The van der Waals surface area contributed by atoms with Crippen molar-refractivity contribution < 1.29 is 0 Å².